The van der Waals surface area contributed by atoms with E-state index in [2.05, 4.69) is 46.9 Å². The van der Waals surface area contributed by atoms with E-state index in [1.165, 1.54) is 40.3 Å². The van der Waals surface area contributed by atoms with Crippen LogP contribution in [0.3, 0.4) is 0 Å². The molecule has 30 heavy (non-hydrogen) atoms. The number of piperidine rings is 1. The van der Waals surface area contributed by atoms with Gasteiger partial charge in [0.2, 0.25) is 0 Å². The average molecular weight is 849 g/mol. The van der Waals surface area contributed by atoms with E-state index < -0.39 is 0 Å². The summed E-state index contributed by atoms with van der Waals surface area (Å²) in [6.07, 6.45) is 8.35. The van der Waals surface area contributed by atoms with Gasteiger partial charge in [0.25, 0.3) is 0 Å². The van der Waals surface area contributed by atoms with Crippen molar-refractivity contribution in [3.05, 3.63) is 53.1 Å². The van der Waals surface area contributed by atoms with Gasteiger partial charge in [0.15, 0.2) is 0 Å². The maximum absolute atomic E-state index is 12.7. The van der Waals surface area contributed by atoms with Gasteiger partial charge in [-0.2, -0.15) is 0 Å². The van der Waals surface area contributed by atoms with Gasteiger partial charge in [-0.25, -0.2) is 4.79 Å². The number of benzene rings is 1. The summed E-state index contributed by atoms with van der Waals surface area (Å²) in [7, 11) is 2.20. The van der Waals surface area contributed by atoms with Crippen LogP contribution < -0.4 is 0 Å². The molecule has 0 amide bonds. The SMILES string of the molecule is CS[CH-]OC(=O)C1=CCCC2CN3CCc4c(n(C)c5ccccc45)C3CC12.[Re].[Rf]. The molecule has 0 bridgehead atoms. The molecule has 3 atom stereocenters. The minimum Gasteiger partial charge on any atom is -0.623 e. The fourth-order valence-corrected chi connectivity index (χ4v) is 5.96. The van der Waals surface area contributed by atoms with Crippen LogP contribution in [0.4, 0.5) is 0 Å². The number of rotatable bonds is 3. The normalized spacial score (nSPS) is 25.1. The average Bonchev–Trinajstić information content (AvgIpc) is 3.03. The van der Waals surface area contributed by atoms with Crippen molar-refractivity contribution in [2.24, 2.45) is 18.9 Å². The molecule has 1 aromatic heterocycles. The number of carbonyl (C=O) groups excluding carboxylic acids is 1. The largest absolute Gasteiger partial charge is 0.623 e. The van der Waals surface area contributed by atoms with E-state index in [0.717, 1.165) is 37.9 Å². The van der Waals surface area contributed by atoms with Crippen LogP contribution in [0.25, 0.3) is 10.9 Å². The molecule has 5 rings (SSSR count). The number of hydrogen-bond acceptors (Lipinski definition) is 4. The van der Waals surface area contributed by atoms with Crippen molar-refractivity contribution >= 4 is 28.6 Å². The van der Waals surface area contributed by atoms with Crippen LogP contribution in [0.2, 0.25) is 0 Å². The third kappa shape index (κ3) is 3.50. The van der Waals surface area contributed by atoms with Crippen LogP contribution in [0.5, 0.6) is 0 Å². The fraction of sp³-hybridized carbons (Fsp3) is 0.478. The van der Waals surface area contributed by atoms with Gasteiger partial charge in [0.1, 0.15) is 0 Å². The van der Waals surface area contributed by atoms with Crippen molar-refractivity contribution in [1.82, 2.24) is 9.47 Å². The molecule has 0 saturated carbocycles. The van der Waals surface area contributed by atoms with Crippen LogP contribution in [0.15, 0.2) is 35.9 Å². The van der Waals surface area contributed by atoms with Crippen molar-refractivity contribution < 1.29 is 30.0 Å². The monoisotopic (exact) mass is 849 g/mol. The Labute approximate surface area is 190 Å². The molecule has 3 aliphatic rings. The van der Waals surface area contributed by atoms with Gasteiger partial charge in [0.05, 0.1) is 6.04 Å². The molecule has 0 N–H and O–H groups in total. The number of aromatic nitrogens is 1. The first-order valence-corrected chi connectivity index (χ1v) is 11.5. The summed E-state index contributed by atoms with van der Waals surface area (Å²) >= 11 is 1.43. The van der Waals surface area contributed by atoms with E-state index >= 15 is 0 Å². The molecule has 1 fully saturated rings. The number of carbonyl (C=O) groups is 1. The van der Waals surface area contributed by atoms with E-state index in [1.54, 1.807) is 5.94 Å². The Morgan fingerprint density at radius 3 is 2.90 bits per heavy atom. The maximum atomic E-state index is 12.7. The van der Waals surface area contributed by atoms with Gasteiger partial charge >= 0.3 is 5.97 Å². The minimum absolute atomic E-state index is 0. The smallest absolute Gasteiger partial charge is 0.303 e. The van der Waals surface area contributed by atoms with E-state index in [0.29, 0.717) is 17.9 Å². The number of nitrogens with zero attached hydrogens (tertiary/aromatic N) is 2. The second-order valence-electron chi connectivity index (χ2n) is 8.28. The van der Waals surface area contributed by atoms with Gasteiger partial charge in [-0.05, 0) is 55.4 Å². The number of aryl methyl sites for hydroxylation is 1. The van der Waals surface area contributed by atoms with E-state index in [-0.39, 0.29) is 26.4 Å². The van der Waals surface area contributed by atoms with E-state index in [4.69, 9.17) is 4.74 Å². The summed E-state index contributed by atoms with van der Waals surface area (Å²) in [5, 5.41) is 1.40. The molecule has 3 unspecified atom stereocenters. The summed E-state index contributed by atoms with van der Waals surface area (Å²) in [4.78, 5) is 15.3. The summed E-state index contributed by atoms with van der Waals surface area (Å²) in [5.74, 6) is 2.27. The van der Waals surface area contributed by atoms with Crippen LogP contribution in [0.1, 0.15) is 36.6 Å². The number of esters is 1. The molecular formula is C23H27N2O2ReRfS-. The molecule has 1 radical (unpaired) electrons. The zero-order chi connectivity index (χ0) is 19.3. The molecular weight excluding hydrogens is 822 g/mol. The minimum atomic E-state index is -0.148. The topological polar surface area (TPSA) is 34.5 Å². The number of allylic oxidation sites excluding steroid dienone is 1. The van der Waals surface area contributed by atoms with Crippen molar-refractivity contribution in [3.8, 4) is 0 Å². The number of thioether (sulfide) groups is 1. The van der Waals surface area contributed by atoms with Crippen molar-refractivity contribution in [2.45, 2.75) is 31.7 Å². The molecule has 1 saturated heterocycles. The van der Waals surface area contributed by atoms with Crippen LogP contribution >= 0.6 is 11.8 Å². The quantitative estimate of drug-likeness (QED) is 0.338. The van der Waals surface area contributed by atoms with Crippen LogP contribution in [0, 0.1) is 17.8 Å². The van der Waals surface area contributed by atoms with Crippen LogP contribution in [-0.4, -0.2) is 34.8 Å². The first kappa shape index (κ1) is 22.6. The summed E-state index contributed by atoms with van der Waals surface area (Å²) in [6, 6.07) is 9.15. The maximum Gasteiger partial charge on any atom is 0.303 e. The molecule has 1 aliphatic carbocycles. The van der Waals surface area contributed by atoms with Gasteiger partial charge in [-0.1, -0.05) is 24.3 Å². The fourth-order valence-electron chi connectivity index (χ4n) is 5.78. The second-order valence-corrected chi connectivity index (χ2v) is 8.94. The number of fused-ring (bicyclic) bond motifs is 6. The predicted molar refractivity (Wildman–Crippen MR) is 114 cm³/mol. The second kappa shape index (κ2) is 8.98. The van der Waals surface area contributed by atoms with Gasteiger partial charge < -0.3 is 21.1 Å². The van der Waals surface area contributed by atoms with Crippen molar-refractivity contribution in [3.63, 3.8) is 0 Å². The van der Waals surface area contributed by atoms with Gasteiger partial charge in [-0.3, -0.25) is 4.90 Å². The third-order valence-corrected chi connectivity index (χ3v) is 7.26. The molecule has 7 heteroatoms. The van der Waals surface area contributed by atoms with Gasteiger partial charge in [-0.15, -0.1) is 5.94 Å². The number of ether oxygens (including phenoxy) is 1. The predicted octanol–water partition coefficient (Wildman–Crippen LogP) is 4.46. The standard InChI is InChI=1S/C23H27N2O2S.Re.Rf/c1-24-20-9-4-3-7-16(20)17-10-11-25-13-15-6-5-8-18(23(26)27-14-28-2)19(15)12-21(25)22(17)24;;/h3-4,7-9,14-15,19,21H,5-6,10-13H2,1-2H3;;/q-1;;. The van der Waals surface area contributed by atoms with Crippen molar-refractivity contribution in [2.75, 3.05) is 19.3 Å². The Kier molecular flexibility index (Phi) is 6.77. The molecule has 2 aromatic rings. The first-order valence-electron chi connectivity index (χ1n) is 10.2. The zero-order valence-electron chi connectivity index (χ0n) is 17.6. The number of hydrogen-bond donors (Lipinski definition) is 0. The van der Waals surface area contributed by atoms with Crippen molar-refractivity contribution in [1.29, 1.82) is 0 Å². The summed E-state index contributed by atoms with van der Waals surface area (Å²) < 4.78 is 7.77. The summed E-state index contributed by atoms with van der Waals surface area (Å²) in [5.41, 5.74) is 5.20. The summed E-state index contributed by atoms with van der Waals surface area (Å²) in [6.45, 7) is 2.21. The molecule has 1 aromatic carbocycles. The number of para-hydroxylation sites is 1. The Morgan fingerprint density at radius 1 is 1.30 bits per heavy atom. The molecule has 157 valence electrons. The molecule has 3 heterocycles. The molecule has 2 aliphatic heterocycles. The van der Waals surface area contributed by atoms with Crippen LogP contribution in [-0.2, 0) is 43.4 Å². The zero-order valence-corrected chi connectivity index (χ0v) is 27.6. The Balaban J connectivity index is 0.00000128. The third-order valence-electron chi connectivity index (χ3n) is 6.97. The van der Waals surface area contributed by atoms with Gasteiger partial charge in [0, 0.05) is 62.7 Å². The Morgan fingerprint density at radius 2 is 2.10 bits per heavy atom. The van der Waals surface area contributed by atoms with E-state index in [1.807, 2.05) is 6.26 Å². The first-order chi connectivity index (χ1) is 13.7. The Bertz CT molecular complexity index is 960. The molecule has 0 spiro atoms. The Hall–Kier alpha value is -2.06. The van der Waals surface area contributed by atoms with E-state index in [9.17, 15) is 4.79 Å². The molecule has 4 nitrogen and oxygen atoms in total.